The Kier molecular flexibility index (Phi) is 3.42. The molecule has 1 aromatic carbocycles. The van der Waals surface area contributed by atoms with Gasteiger partial charge in [-0.25, -0.2) is 4.39 Å². The summed E-state index contributed by atoms with van der Waals surface area (Å²) in [7, 11) is 0. The van der Waals surface area contributed by atoms with Crippen LogP contribution in [-0.4, -0.2) is 29.6 Å². The Morgan fingerprint density at radius 2 is 2.16 bits per heavy atom. The van der Waals surface area contributed by atoms with Crippen molar-refractivity contribution in [3.05, 3.63) is 29.6 Å². The van der Waals surface area contributed by atoms with E-state index in [1.807, 2.05) is 0 Å². The van der Waals surface area contributed by atoms with E-state index in [0.29, 0.717) is 18.7 Å². The number of benzene rings is 1. The van der Waals surface area contributed by atoms with E-state index in [0.717, 1.165) is 6.07 Å². The molecule has 19 heavy (non-hydrogen) atoms. The zero-order valence-corrected chi connectivity index (χ0v) is 10.5. The molecule has 1 saturated heterocycles. The summed E-state index contributed by atoms with van der Waals surface area (Å²) < 4.78 is 14.0. The van der Waals surface area contributed by atoms with Crippen molar-refractivity contribution >= 4 is 17.6 Å². The summed E-state index contributed by atoms with van der Waals surface area (Å²) in [5.74, 6) is -2.63. The molecule has 0 aliphatic carbocycles. The Hall–Kier alpha value is -2.11. The first kappa shape index (κ1) is 13.3. The van der Waals surface area contributed by atoms with Crippen molar-refractivity contribution in [1.82, 2.24) is 0 Å². The van der Waals surface area contributed by atoms with Crippen LogP contribution in [0.15, 0.2) is 18.2 Å². The second-order valence-corrected chi connectivity index (χ2v) is 4.70. The van der Waals surface area contributed by atoms with Crippen LogP contribution in [0.1, 0.15) is 23.7 Å². The van der Waals surface area contributed by atoms with Gasteiger partial charge in [-0.1, -0.05) is 0 Å². The van der Waals surface area contributed by atoms with Crippen LogP contribution in [0.5, 0.6) is 0 Å². The van der Waals surface area contributed by atoms with Crippen LogP contribution in [0, 0.1) is 11.7 Å². The fourth-order valence-corrected chi connectivity index (χ4v) is 2.50. The molecule has 2 rings (SSSR count). The van der Waals surface area contributed by atoms with Crippen LogP contribution < -0.4 is 10.6 Å². The highest BCUT2D eigenvalue weighted by atomic mass is 19.1. The third-order valence-corrected chi connectivity index (χ3v) is 3.61. The van der Waals surface area contributed by atoms with Gasteiger partial charge >= 0.3 is 5.97 Å². The van der Waals surface area contributed by atoms with Crippen molar-refractivity contribution in [3.8, 4) is 0 Å². The average molecular weight is 266 g/mol. The molecular formula is C13H15FN2O3. The van der Waals surface area contributed by atoms with Crippen molar-refractivity contribution in [2.45, 2.75) is 19.4 Å². The minimum atomic E-state index is -0.871. The molecule has 0 saturated carbocycles. The highest BCUT2D eigenvalue weighted by Gasteiger charge is 2.36. The Bertz CT molecular complexity index is 533. The predicted octanol–water partition coefficient (Wildman–Crippen LogP) is 1.22. The molecule has 102 valence electrons. The molecular weight excluding hydrogens is 251 g/mol. The zero-order chi connectivity index (χ0) is 14.2. The number of anilines is 1. The number of nitrogens with two attached hydrogens (primary N) is 1. The molecule has 1 amide bonds. The SMILES string of the molecule is CC1C(C(=O)O)CCN1c1ccc(C(N)=O)cc1F. The topological polar surface area (TPSA) is 83.6 Å². The largest absolute Gasteiger partial charge is 0.481 e. The van der Waals surface area contributed by atoms with Crippen molar-refractivity contribution in [3.63, 3.8) is 0 Å². The summed E-state index contributed by atoms with van der Waals surface area (Å²) in [5.41, 5.74) is 5.48. The van der Waals surface area contributed by atoms with Crippen LogP contribution >= 0.6 is 0 Å². The standard InChI is InChI=1S/C13H15FN2O3/c1-7-9(13(18)19)4-5-16(7)11-3-2-8(12(15)17)6-10(11)14/h2-3,6-7,9H,4-5H2,1H3,(H2,15,17)(H,18,19). The number of carboxylic acid groups (broad SMARTS) is 1. The third kappa shape index (κ3) is 2.38. The van der Waals surface area contributed by atoms with Crippen molar-refractivity contribution < 1.29 is 19.1 Å². The van der Waals surface area contributed by atoms with Crippen LogP contribution in [0.2, 0.25) is 0 Å². The number of hydrogen-bond acceptors (Lipinski definition) is 3. The normalized spacial score (nSPS) is 22.5. The fraction of sp³-hybridized carbons (Fsp3) is 0.385. The minimum absolute atomic E-state index is 0.0999. The molecule has 1 aliphatic heterocycles. The van der Waals surface area contributed by atoms with Gasteiger partial charge in [0.1, 0.15) is 5.82 Å². The molecule has 0 radical (unpaired) electrons. The highest BCUT2D eigenvalue weighted by molar-refractivity contribution is 5.93. The summed E-state index contributed by atoms with van der Waals surface area (Å²) in [6.07, 6.45) is 0.480. The number of halogens is 1. The van der Waals surface area contributed by atoms with Gasteiger partial charge in [0, 0.05) is 18.2 Å². The number of carbonyl (C=O) groups is 2. The molecule has 6 heteroatoms. The number of carbonyl (C=O) groups excluding carboxylic acids is 1. The molecule has 2 atom stereocenters. The van der Waals surface area contributed by atoms with Crippen molar-refractivity contribution in [2.24, 2.45) is 11.7 Å². The van der Waals surface area contributed by atoms with Gasteiger partial charge in [0.05, 0.1) is 11.6 Å². The van der Waals surface area contributed by atoms with E-state index < -0.39 is 23.6 Å². The lowest BCUT2D eigenvalue weighted by atomic mass is 10.0. The predicted molar refractivity (Wildman–Crippen MR) is 67.5 cm³/mol. The molecule has 2 unspecified atom stereocenters. The molecule has 1 heterocycles. The molecule has 1 aliphatic rings. The summed E-state index contributed by atoms with van der Waals surface area (Å²) in [5, 5.41) is 9.05. The molecule has 0 aromatic heterocycles. The maximum absolute atomic E-state index is 14.0. The second kappa shape index (κ2) is 4.87. The number of amides is 1. The average Bonchev–Trinajstić information content (AvgIpc) is 2.71. The van der Waals surface area contributed by atoms with E-state index >= 15 is 0 Å². The van der Waals surface area contributed by atoms with E-state index in [4.69, 9.17) is 10.8 Å². The quantitative estimate of drug-likeness (QED) is 0.861. The minimum Gasteiger partial charge on any atom is -0.481 e. The first-order chi connectivity index (χ1) is 8.91. The lowest BCUT2D eigenvalue weighted by molar-refractivity contribution is -0.141. The summed E-state index contributed by atoms with van der Waals surface area (Å²) in [6.45, 7) is 2.23. The van der Waals surface area contributed by atoms with Gasteiger partial charge in [0.2, 0.25) is 5.91 Å². The Balaban J connectivity index is 2.28. The molecule has 1 aromatic rings. The Morgan fingerprint density at radius 3 is 2.63 bits per heavy atom. The lowest BCUT2D eigenvalue weighted by Gasteiger charge is -2.26. The maximum atomic E-state index is 14.0. The number of carboxylic acids is 1. The molecule has 0 spiro atoms. The van der Waals surface area contributed by atoms with Gasteiger partial charge in [0.25, 0.3) is 0 Å². The van der Waals surface area contributed by atoms with Crippen molar-refractivity contribution in [2.75, 3.05) is 11.4 Å². The monoisotopic (exact) mass is 266 g/mol. The number of aliphatic carboxylic acids is 1. The molecule has 1 fully saturated rings. The van der Waals surface area contributed by atoms with Crippen LogP contribution in [0.4, 0.5) is 10.1 Å². The van der Waals surface area contributed by atoms with Gasteiger partial charge in [-0.2, -0.15) is 0 Å². The smallest absolute Gasteiger partial charge is 0.308 e. The Morgan fingerprint density at radius 1 is 1.47 bits per heavy atom. The van der Waals surface area contributed by atoms with E-state index in [2.05, 4.69) is 0 Å². The number of nitrogens with zero attached hydrogens (tertiary/aromatic N) is 1. The van der Waals surface area contributed by atoms with E-state index in [1.54, 1.807) is 11.8 Å². The van der Waals surface area contributed by atoms with Gasteiger partial charge in [-0.15, -0.1) is 0 Å². The summed E-state index contributed by atoms with van der Waals surface area (Å²) >= 11 is 0. The van der Waals surface area contributed by atoms with Crippen molar-refractivity contribution in [1.29, 1.82) is 0 Å². The highest BCUT2D eigenvalue weighted by Crippen LogP contribution is 2.31. The maximum Gasteiger partial charge on any atom is 0.308 e. The van der Waals surface area contributed by atoms with Gasteiger partial charge in [-0.05, 0) is 31.5 Å². The Labute approximate surface area is 109 Å². The lowest BCUT2D eigenvalue weighted by Crippen LogP contribution is -2.33. The summed E-state index contributed by atoms with van der Waals surface area (Å²) in [6, 6.07) is 3.71. The first-order valence-corrected chi connectivity index (χ1v) is 6.00. The number of primary amides is 1. The van der Waals surface area contributed by atoms with E-state index in [1.165, 1.54) is 12.1 Å². The van der Waals surface area contributed by atoms with Crippen LogP contribution in [0.3, 0.4) is 0 Å². The van der Waals surface area contributed by atoms with Gasteiger partial charge in [0.15, 0.2) is 0 Å². The van der Waals surface area contributed by atoms with E-state index in [9.17, 15) is 14.0 Å². The fourth-order valence-electron chi connectivity index (χ4n) is 2.50. The van der Waals surface area contributed by atoms with E-state index in [-0.39, 0.29) is 11.6 Å². The third-order valence-electron chi connectivity index (χ3n) is 3.61. The first-order valence-electron chi connectivity index (χ1n) is 6.00. The molecule has 3 N–H and O–H groups in total. The van der Waals surface area contributed by atoms with Crippen LogP contribution in [0.25, 0.3) is 0 Å². The second-order valence-electron chi connectivity index (χ2n) is 4.70. The number of rotatable bonds is 3. The zero-order valence-electron chi connectivity index (χ0n) is 10.5. The van der Waals surface area contributed by atoms with Crippen LogP contribution in [-0.2, 0) is 4.79 Å². The molecule has 5 nitrogen and oxygen atoms in total. The van der Waals surface area contributed by atoms with Gasteiger partial charge < -0.3 is 15.7 Å². The molecule has 0 bridgehead atoms. The van der Waals surface area contributed by atoms with Gasteiger partial charge in [-0.3, -0.25) is 9.59 Å². The number of hydrogen-bond donors (Lipinski definition) is 2. The summed E-state index contributed by atoms with van der Waals surface area (Å²) in [4.78, 5) is 23.7.